The van der Waals surface area contributed by atoms with E-state index in [0.29, 0.717) is 13.0 Å². The van der Waals surface area contributed by atoms with Crippen LogP contribution < -0.4 is 0 Å². The molecule has 2 aromatic carbocycles. The van der Waals surface area contributed by atoms with E-state index in [9.17, 15) is 4.79 Å². The van der Waals surface area contributed by atoms with Crippen molar-refractivity contribution in [1.82, 2.24) is 9.78 Å². The first-order chi connectivity index (χ1) is 12.6. The molecule has 132 valence electrons. The molecule has 4 nitrogen and oxygen atoms in total. The number of nitrogens with zero attached hydrogens (tertiary/aromatic N) is 2. The molecule has 0 radical (unpaired) electrons. The van der Waals surface area contributed by atoms with Crippen molar-refractivity contribution in [2.75, 3.05) is 0 Å². The van der Waals surface area contributed by atoms with Gasteiger partial charge in [0.15, 0.2) is 0 Å². The summed E-state index contributed by atoms with van der Waals surface area (Å²) in [6.07, 6.45) is 2.41. The van der Waals surface area contributed by atoms with E-state index in [1.165, 1.54) is 0 Å². The molecule has 4 rings (SSSR count). The van der Waals surface area contributed by atoms with Gasteiger partial charge >= 0.3 is 5.97 Å². The maximum absolute atomic E-state index is 13.1. The van der Waals surface area contributed by atoms with Gasteiger partial charge in [-0.25, -0.2) is 0 Å². The van der Waals surface area contributed by atoms with Crippen molar-refractivity contribution in [2.24, 2.45) is 0 Å². The first kappa shape index (κ1) is 16.6. The number of aromatic nitrogens is 2. The highest BCUT2D eigenvalue weighted by Gasteiger charge is 2.51. The van der Waals surface area contributed by atoms with Crippen LogP contribution in [-0.2, 0) is 21.5 Å². The molecule has 0 aliphatic carbocycles. The van der Waals surface area contributed by atoms with Crippen LogP contribution in [0.3, 0.4) is 0 Å². The van der Waals surface area contributed by atoms with Crippen LogP contribution in [0.15, 0.2) is 66.9 Å². The fourth-order valence-electron chi connectivity index (χ4n) is 3.82. The lowest BCUT2D eigenvalue weighted by atomic mass is 9.72. The van der Waals surface area contributed by atoms with E-state index in [4.69, 9.17) is 4.74 Å². The van der Waals surface area contributed by atoms with Gasteiger partial charge < -0.3 is 4.74 Å². The topological polar surface area (TPSA) is 44.1 Å². The van der Waals surface area contributed by atoms with Gasteiger partial charge in [0.1, 0.15) is 11.5 Å². The Hall–Kier alpha value is -2.88. The number of ether oxygens (including phenoxy) is 1. The molecule has 0 spiro atoms. The molecule has 1 atom stereocenters. The number of hydrogen-bond donors (Lipinski definition) is 0. The molecule has 26 heavy (non-hydrogen) atoms. The summed E-state index contributed by atoms with van der Waals surface area (Å²) in [6.45, 7) is 4.60. The third-order valence-corrected chi connectivity index (χ3v) is 5.27. The van der Waals surface area contributed by atoms with E-state index in [2.05, 4.69) is 5.10 Å². The number of hydrogen-bond acceptors (Lipinski definition) is 3. The van der Waals surface area contributed by atoms with E-state index in [0.717, 1.165) is 22.4 Å². The first-order valence-corrected chi connectivity index (χ1v) is 8.92. The zero-order chi connectivity index (χ0) is 18.1. The number of cyclic esters (lactones) is 1. The predicted molar refractivity (Wildman–Crippen MR) is 99.9 cm³/mol. The molecule has 1 aliphatic rings. The molecule has 1 fully saturated rings. The Morgan fingerprint density at radius 3 is 2.12 bits per heavy atom. The Morgan fingerprint density at radius 1 is 1.04 bits per heavy atom. The molecule has 1 unspecified atom stereocenters. The van der Waals surface area contributed by atoms with Gasteiger partial charge in [0.05, 0.1) is 12.2 Å². The van der Waals surface area contributed by atoms with Gasteiger partial charge in [0.25, 0.3) is 0 Å². The summed E-state index contributed by atoms with van der Waals surface area (Å²) in [5.41, 5.74) is 3.35. The summed E-state index contributed by atoms with van der Waals surface area (Å²) >= 11 is 0. The summed E-state index contributed by atoms with van der Waals surface area (Å²) < 4.78 is 7.72. The first-order valence-electron chi connectivity index (χ1n) is 8.92. The minimum absolute atomic E-state index is 0.180. The van der Waals surface area contributed by atoms with Gasteiger partial charge in [-0.05, 0) is 30.5 Å². The second-order valence-corrected chi connectivity index (χ2v) is 6.99. The molecule has 3 aromatic rings. The lowest BCUT2D eigenvalue weighted by molar-refractivity contribution is -0.145. The number of benzene rings is 2. The molecule has 0 N–H and O–H groups in total. The quantitative estimate of drug-likeness (QED) is 0.675. The van der Waals surface area contributed by atoms with Gasteiger partial charge in [-0.2, -0.15) is 5.10 Å². The standard InChI is InChI=1S/C22H22N2O2/c1-16-14-24(23-17(16)2)15-20-13-22(21(25)26-20,18-9-5-3-6-10-18)19-11-7-4-8-12-19/h3-12,14,20H,13,15H2,1-2H3. The van der Waals surface area contributed by atoms with Crippen molar-refractivity contribution in [3.05, 3.63) is 89.2 Å². The monoisotopic (exact) mass is 346 g/mol. The van der Waals surface area contributed by atoms with Gasteiger partial charge in [0.2, 0.25) is 0 Å². The summed E-state index contributed by atoms with van der Waals surface area (Å²) in [5.74, 6) is -0.180. The van der Waals surface area contributed by atoms with E-state index >= 15 is 0 Å². The Morgan fingerprint density at radius 2 is 1.62 bits per heavy atom. The second kappa shape index (κ2) is 6.45. The van der Waals surface area contributed by atoms with Crippen LogP contribution >= 0.6 is 0 Å². The third kappa shape index (κ3) is 2.71. The zero-order valence-corrected chi connectivity index (χ0v) is 15.1. The van der Waals surface area contributed by atoms with Crippen molar-refractivity contribution < 1.29 is 9.53 Å². The van der Waals surface area contributed by atoms with Crippen LogP contribution in [0.25, 0.3) is 0 Å². The maximum atomic E-state index is 13.1. The van der Waals surface area contributed by atoms with Crippen LogP contribution in [0.2, 0.25) is 0 Å². The Balaban J connectivity index is 1.72. The Bertz CT molecular complexity index is 857. The van der Waals surface area contributed by atoms with E-state index < -0.39 is 5.41 Å². The average molecular weight is 346 g/mol. The molecule has 4 heteroatoms. The predicted octanol–water partition coefficient (Wildman–Crippen LogP) is 3.80. The van der Waals surface area contributed by atoms with E-state index in [1.54, 1.807) is 0 Å². The van der Waals surface area contributed by atoms with Crippen molar-refractivity contribution in [2.45, 2.75) is 38.3 Å². The lowest BCUT2D eigenvalue weighted by Gasteiger charge is -2.26. The van der Waals surface area contributed by atoms with Crippen LogP contribution in [0.4, 0.5) is 0 Å². The molecule has 0 amide bonds. The molecule has 0 saturated carbocycles. The second-order valence-electron chi connectivity index (χ2n) is 6.99. The van der Waals surface area contributed by atoms with Crippen molar-refractivity contribution in [3.8, 4) is 0 Å². The van der Waals surface area contributed by atoms with Crippen molar-refractivity contribution >= 4 is 5.97 Å². The molecule has 1 aliphatic heterocycles. The molecular weight excluding hydrogens is 324 g/mol. The largest absolute Gasteiger partial charge is 0.459 e. The van der Waals surface area contributed by atoms with Crippen LogP contribution in [0.5, 0.6) is 0 Å². The minimum atomic E-state index is -0.759. The van der Waals surface area contributed by atoms with Crippen LogP contribution in [0, 0.1) is 13.8 Å². The van der Waals surface area contributed by atoms with Gasteiger partial charge in [0, 0.05) is 12.6 Å². The summed E-state index contributed by atoms with van der Waals surface area (Å²) in [6, 6.07) is 19.9. The Labute approximate surface area is 153 Å². The highest BCUT2D eigenvalue weighted by atomic mass is 16.6. The number of carbonyl (C=O) groups is 1. The number of carbonyl (C=O) groups excluding carboxylic acids is 1. The molecule has 2 heterocycles. The SMILES string of the molecule is Cc1cn(CC2CC(c3ccccc3)(c3ccccc3)C(=O)O2)nc1C. The molecule has 1 aromatic heterocycles. The fourth-order valence-corrected chi connectivity index (χ4v) is 3.82. The third-order valence-electron chi connectivity index (χ3n) is 5.27. The number of rotatable bonds is 4. The molecule has 0 bridgehead atoms. The zero-order valence-electron chi connectivity index (χ0n) is 15.1. The summed E-state index contributed by atoms with van der Waals surface area (Å²) in [7, 11) is 0. The fraction of sp³-hybridized carbons (Fsp3) is 0.273. The van der Waals surface area contributed by atoms with E-state index in [-0.39, 0.29) is 12.1 Å². The van der Waals surface area contributed by atoms with Gasteiger partial charge in [-0.1, -0.05) is 60.7 Å². The normalized spacial score (nSPS) is 18.7. The van der Waals surface area contributed by atoms with Crippen LogP contribution in [-0.4, -0.2) is 21.9 Å². The summed E-state index contributed by atoms with van der Waals surface area (Å²) in [4.78, 5) is 13.1. The minimum Gasteiger partial charge on any atom is -0.459 e. The van der Waals surface area contributed by atoms with E-state index in [1.807, 2.05) is 85.4 Å². The van der Waals surface area contributed by atoms with Crippen molar-refractivity contribution in [1.29, 1.82) is 0 Å². The van der Waals surface area contributed by atoms with Crippen LogP contribution in [0.1, 0.15) is 28.8 Å². The summed E-state index contributed by atoms with van der Waals surface area (Å²) in [5, 5.41) is 4.52. The maximum Gasteiger partial charge on any atom is 0.321 e. The van der Waals surface area contributed by atoms with Gasteiger partial charge in [-0.3, -0.25) is 9.48 Å². The van der Waals surface area contributed by atoms with Gasteiger partial charge in [-0.15, -0.1) is 0 Å². The average Bonchev–Trinajstić information content (AvgIpc) is 3.16. The Kier molecular flexibility index (Phi) is 4.11. The highest BCUT2D eigenvalue weighted by molar-refractivity contribution is 5.89. The molecule has 1 saturated heterocycles. The lowest BCUT2D eigenvalue weighted by Crippen LogP contribution is -2.33. The van der Waals surface area contributed by atoms with Crippen molar-refractivity contribution in [3.63, 3.8) is 0 Å². The smallest absolute Gasteiger partial charge is 0.321 e. The highest BCUT2D eigenvalue weighted by Crippen LogP contribution is 2.43. The number of esters is 1. The number of aryl methyl sites for hydroxylation is 2. The molecular formula is C22H22N2O2.